The molecule has 1 saturated heterocycles. The first-order valence-corrected chi connectivity index (χ1v) is 6.48. The van der Waals surface area contributed by atoms with Crippen LogP contribution in [-0.4, -0.2) is 35.6 Å². The maximum absolute atomic E-state index is 9.28. The minimum Gasteiger partial charge on any atom is -0.299 e. The van der Waals surface area contributed by atoms with Crippen molar-refractivity contribution in [1.82, 2.24) is 10.2 Å². The Morgan fingerprint density at radius 3 is 2.62 bits per heavy atom. The van der Waals surface area contributed by atoms with Gasteiger partial charge in [0.25, 0.3) is 0 Å². The largest absolute Gasteiger partial charge is 0.299 e. The predicted octanol–water partition coefficient (Wildman–Crippen LogP) is 2.14. The molecule has 0 radical (unpaired) electrons. The molecule has 92 valence electrons. The van der Waals surface area contributed by atoms with Gasteiger partial charge in [0.1, 0.15) is 5.54 Å². The number of likely N-dealkylation sites (N-methyl/N-ethyl adjacent to an activating group) is 1. The standard InChI is InChI=1S/C13H25N3/c1-5-12-8-7-11(3)16(12)10-13(4,9-14)15-6-2/h11-12,15H,5-8,10H2,1-4H3. The van der Waals surface area contributed by atoms with E-state index < -0.39 is 5.54 Å². The number of hydrogen-bond donors (Lipinski definition) is 1. The highest BCUT2D eigenvalue weighted by atomic mass is 15.2. The SMILES string of the molecule is CCNC(C)(C#N)CN1C(C)CCC1CC. The van der Waals surface area contributed by atoms with Gasteiger partial charge in [-0.15, -0.1) is 0 Å². The minimum absolute atomic E-state index is 0.402. The zero-order chi connectivity index (χ0) is 12.2. The summed E-state index contributed by atoms with van der Waals surface area (Å²) in [5.41, 5.74) is -0.402. The molecule has 0 aromatic carbocycles. The average molecular weight is 223 g/mol. The van der Waals surface area contributed by atoms with Crippen molar-refractivity contribution in [3.8, 4) is 6.07 Å². The minimum atomic E-state index is -0.402. The number of rotatable bonds is 5. The third-order valence-corrected chi connectivity index (χ3v) is 3.74. The van der Waals surface area contributed by atoms with Crippen LogP contribution in [-0.2, 0) is 0 Å². The monoisotopic (exact) mass is 223 g/mol. The van der Waals surface area contributed by atoms with Gasteiger partial charge in [-0.1, -0.05) is 13.8 Å². The Morgan fingerprint density at radius 1 is 1.44 bits per heavy atom. The lowest BCUT2D eigenvalue weighted by Crippen LogP contribution is -2.52. The summed E-state index contributed by atoms with van der Waals surface area (Å²) in [6, 6.07) is 3.71. The number of likely N-dealkylation sites (tertiary alicyclic amines) is 1. The Morgan fingerprint density at radius 2 is 2.12 bits per heavy atom. The lowest BCUT2D eigenvalue weighted by molar-refractivity contribution is 0.161. The first-order chi connectivity index (χ1) is 7.56. The van der Waals surface area contributed by atoms with Gasteiger partial charge in [0, 0.05) is 18.6 Å². The van der Waals surface area contributed by atoms with Crippen LogP contribution in [0.1, 0.15) is 47.0 Å². The molecular weight excluding hydrogens is 198 g/mol. The number of nitrogens with zero attached hydrogens (tertiary/aromatic N) is 2. The lowest BCUT2D eigenvalue weighted by Gasteiger charge is -2.34. The van der Waals surface area contributed by atoms with Crippen LogP contribution in [0.3, 0.4) is 0 Å². The number of nitriles is 1. The van der Waals surface area contributed by atoms with Crippen molar-refractivity contribution in [2.75, 3.05) is 13.1 Å². The summed E-state index contributed by atoms with van der Waals surface area (Å²) in [7, 11) is 0. The van der Waals surface area contributed by atoms with E-state index >= 15 is 0 Å². The van der Waals surface area contributed by atoms with Gasteiger partial charge in [-0.2, -0.15) is 5.26 Å². The summed E-state index contributed by atoms with van der Waals surface area (Å²) in [6.07, 6.45) is 3.75. The maximum Gasteiger partial charge on any atom is 0.116 e. The van der Waals surface area contributed by atoms with E-state index in [9.17, 15) is 5.26 Å². The van der Waals surface area contributed by atoms with E-state index in [2.05, 4.69) is 37.1 Å². The van der Waals surface area contributed by atoms with E-state index in [1.165, 1.54) is 19.3 Å². The van der Waals surface area contributed by atoms with Gasteiger partial charge in [0.15, 0.2) is 0 Å². The molecule has 0 aliphatic carbocycles. The molecule has 3 heteroatoms. The summed E-state index contributed by atoms with van der Waals surface area (Å²) in [5.74, 6) is 0. The molecule has 3 atom stereocenters. The highest BCUT2D eigenvalue weighted by molar-refractivity contribution is 5.07. The van der Waals surface area contributed by atoms with Crippen LogP contribution in [0.15, 0.2) is 0 Å². The van der Waals surface area contributed by atoms with E-state index in [-0.39, 0.29) is 0 Å². The smallest absolute Gasteiger partial charge is 0.116 e. The van der Waals surface area contributed by atoms with Crippen molar-refractivity contribution in [3.63, 3.8) is 0 Å². The van der Waals surface area contributed by atoms with Gasteiger partial charge in [-0.05, 0) is 39.7 Å². The molecule has 1 aliphatic heterocycles. The van der Waals surface area contributed by atoms with Crippen LogP contribution in [0.5, 0.6) is 0 Å². The maximum atomic E-state index is 9.28. The molecule has 1 rings (SSSR count). The average Bonchev–Trinajstić information content (AvgIpc) is 2.60. The summed E-state index contributed by atoms with van der Waals surface area (Å²) in [4.78, 5) is 2.51. The highest BCUT2D eigenvalue weighted by Crippen LogP contribution is 2.27. The predicted molar refractivity (Wildman–Crippen MR) is 67.2 cm³/mol. The molecule has 0 aromatic heterocycles. The Balaban J connectivity index is 2.66. The molecule has 0 bridgehead atoms. The topological polar surface area (TPSA) is 39.1 Å². The van der Waals surface area contributed by atoms with E-state index in [4.69, 9.17) is 0 Å². The zero-order valence-electron chi connectivity index (χ0n) is 11.1. The third kappa shape index (κ3) is 2.96. The van der Waals surface area contributed by atoms with Crippen molar-refractivity contribution in [3.05, 3.63) is 0 Å². The molecule has 1 heterocycles. The van der Waals surface area contributed by atoms with Crippen LogP contribution in [0.4, 0.5) is 0 Å². The molecule has 1 fully saturated rings. The van der Waals surface area contributed by atoms with E-state index in [1.54, 1.807) is 0 Å². The van der Waals surface area contributed by atoms with Crippen LogP contribution >= 0.6 is 0 Å². The number of hydrogen-bond acceptors (Lipinski definition) is 3. The second-order valence-electron chi connectivity index (χ2n) is 5.14. The Labute approximate surface area is 99.8 Å². The first-order valence-electron chi connectivity index (χ1n) is 6.48. The summed E-state index contributed by atoms with van der Waals surface area (Å²) >= 11 is 0. The highest BCUT2D eigenvalue weighted by Gasteiger charge is 2.35. The normalized spacial score (nSPS) is 29.9. The second-order valence-corrected chi connectivity index (χ2v) is 5.14. The molecule has 0 spiro atoms. The first kappa shape index (κ1) is 13.5. The molecule has 3 unspecified atom stereocenters. The van der Waals surface area contributed by atoms with E-state index in [0.29, 0.717) is 12.1 Å². The van der Waals surface area contributed by atoms with Crippen molar-refractivity contribution < 1.29 is 0 Å². The Hall–Kier alpha value is -0.590. The quantitative estimate of drug-likeness (QED) is 0.776. The van der Waals surface area contributed by atoms with Gasteiger partial charge in [-0.3, -0.25) is 10.2 Å². The summed E-state index contributed by atoms with van der Waals surface area (Å²) in [6.45, 7) is 10.3. The van der Waals surface area contributed by atoms with E-state index in [0.717, 1.165) is 13.1 Å². The van der Waals surface area contributed by atoms with Crippen LogP contribution < -0.4 is 5.32 Å². The van der Waals surface area contributed by atoms with Gasteiger partial charge in [0.2, 0.25) is 0 Å². The van der Waals surface area contributed by atoms with Crippen molar-refractivity contribution >= 4 is 0 Å². The number of nitrogens with one attached hydrogen (secondary N) is 1. The Kier molecular flexibility index (Phi) is 4.76. The van der Waals surface area contributed by atoms with Crippen molar-refractivity contribution in [2.45, 2.75) is 64.6 Å². The van der Waals surface area contributed by atoms with Gasteiger partial charge in [0.05, 0.1) is 6.07 Å². The molecule has 0 saturated carbocycles. The summed E-state index contributed by atoms with van der Waals surface area (Å²) in [5, 5.41) is 12.6. The third-order valence-electron chi connectivity index (χ3n) is 3.74. The Bertz CT molecular complexity index is 258. The molecule has 16 heavy (non-hydrogen) atoms. The molecule has 0 aromatic rings. The van der Waals surface area contributed by atoms with Crippen molar-refractivity contribution in [1.29, 1.82) is 5.26 Å². The molecular formula is C13H25N3. The van der Waals surface area contributed by atoms with Gasteiger partial charge >= 0.3 is 0 Å². The van der Waals surface area contributed by atoms with Crippen LogP contribution in [0.2, 0.25) is 0 Å². The van der Waals surface area contributed by atoms with Crippen LogP contribution in [0.25, 0.3) is 0 Å². The molecule has 0 amide bonds. The van der Waals surface area contributed by atoms with E-state index in [1.807, 2.05) is 6.92 Å². The summed E-state index contributed by atoms with van der Waals surface area (Å²) < 4.78 is 0. The van der Waals surface area contributed by atoms with Crippen molar-refractivity contribution in [2.24, 2.45) is 0 Å². The lowest BCUT2D eigenvalue weighted by atomic mass is 10.0. The molecule has 1 N–H and O–H groups in total. The zero-order valence-corrected chi connectivity index (χ0v) is 11.1. The fraction of sp³-hybridized carbons (Fsp3) is 0.923. The fourth-order valence-corrected chi connectivity index (χ4v) is 2.73. The fourth-order valence-electron chi connectivity index (χ4n) is 2.73. The molecule has 1 aliphatic rings. The second kappa shape index (κ2) is 5.65. The molecule has 3 nitrogen and oxygen atoms in total. The van der Waals surface area contributed by atoms with Gasteiger partial charge < -0.3 is 0 Å². The van der Waals surface area contributed by atoms with Crippen LogP contribution in [0, 0.1) is 11.3 Å². The van der Waals surface area contributed by atoms with Gasteiger partial charge in [-0.25, -0.2) is 0 Å².